The zero-order valence-electron chi connectivity index (χ0n) is 6.66. The molecule has 0 aliphatic rings. The van der Waals surface area contributed by atoms with Gasteiger partial charge in [0.15, 0.2) is 0 Å². The van der Waals surface area contributed by atoms with Crippen LogP contribution in [0.5, 0.6) is 0 Å². The minimum absolute atomic E-state index is 0. The zero-order valence-corrected chi connectivity index (χ0v) is 14.5. The monoisotopic (exact) mass is 368 g/mol. The van der Waals surface area contributed by atoms with Crippen LogP contribution in [-0.4, -0.2) is 39.4 Å². The summed E-state index contributed by atoms with van der Waals surface area (Å²) >= 11 is 0. The Bertz CT molecular complexity index is 105. The Hall–Kier alpha value is 2.89. The fourth-order valence-electron chi connectivity index (χ4n) is 0. The molecule has 0 aromatic heterocycles. The van der Waals surface area contributed by atoms with Crippen LogP contribution >= 0.6 is 0 Å². The Morgan fingerprint density at radius 2 is 0.846 bits per heavy atom. The van der Waals surface area contributed by atoms with Gasteiger partial charge in [0.05, 0.1) is 0 Å². The van der Waals surface area contributed by atoms with E-state index in [1.165, 1.54) is 0 Å². The van der Waals surface area contributed by atoms with Crippen molar-refractivity contribution in [1.29, 1.82) is 0 Å². The van der Waals surface area contributed by atoms with Gasteiger partial charge in [-0.3, -0.25) is 8.42 Å². The van der Waals surface area contributed by atoms with E-state index < -0.39 is 10.4 Å². The summed E-state index contributed by atoms with van der Waals surface area (Å²) in [6.07, 6.45) is 0. The first-order valence-electron chi connectivity index (χ1n) is 0.667. The Morgan fingerprint density at radius 1 is 0.846 bits per heavy atom. The average molecular weight is 367 g/mol. The minimum Gasteiger partial charge on any atom is -0.870 e. The molecule has 0 amide bonds. The SMILES string of the molecule is O.O.O=S(=O)([O-])[O-].[Mo].[Na+].[Na+].[Ni+2].[OH-].[OH-]. The van der Waals surface area contributed by atoms with Crippen LogP contribution in [-0.2, 0) is 48.0 Å². The van der Waals surface area contributed by atoms with Crippen LogP contribution in [0.15, 0.2) is 0 Å². The van der Waals surface area contributed by atoms with Gasteiger partial charge in [-0.1, -0.05) is 0 Å². The van der Waals surface area contributed by atoms with E-state index in [9.17, 15) is 0 Å². The van der Waals surface area contributed by atoms with Crippen LogP contribution in [0.1, 0.15) is 0 Å². The second kappa shape index (κ2) is 36.3. The summed E-state index contributed by atoms with van der Waals surface area (Å²) in [5.41, 5.74) is 0. The maximum absolute atomic E-state index is 8.52. The topological polar surface area (TPSA) is 203 Å². The molecule has 78 valence electrons. The Kier molecular flexibility index (Phi) is 207. The summed E-state index contributed by atoms with van der Waals surface area (Å²) in [6.45, 7) is 0. The van der Waals surface area contributed by atoms with Gasteiger partial charge in [0.2, 0.25) is 0 Å². The molecule has 13 heteroatoms. The van der Waals surface area contributed by atoms with Gasteiger partial charge < -0.3 is 31.0 Å². The Labute approximate surface area is 144 Å². The largest absolute Gasteiger partial charge is 2.00 e. The molecule has 0 radical (unpaired) electrons. The number of rotatable bonds is 0. The molecule has 0 atom stereocenters. The molecule has 0 aromatic rings. The van der Waals surface area contributed by atoms with Crippen molar-refractivity contribution in [3.63, 3.8) is 0 Å². The van der Waals surface area contributed by atoms with E-state index in [0.29, 0.717) is 0 Å². The molecule has 0 bridgehead atoms. The molecular formula is H6MoNa2NiO8S. The molecule has 0 unspecified atom stereocenters. The smallest absolute Gasteiger partial charge is 0.870 e. The minimum atomic E-state index is -5.17. The zero-order chi connectivity index (χ0) is 4.50. The van der Waals surface area contributed by atoms with Gasteiger partial charge in [-0.05, 0) is 0 Å². The summed E-state index contributed by atoms with van der Waals surface area (Å²) in [4.78, 5) is 0. The van der Waals surface area contributed by atoms with Crippen LogP contribution in [0.25, 0.3) is 0 Å². The first-order chi connectivity index (χ1) is 2.00. The summed E-state index contributed by atoms with van der Waals surface area (Å²) in [6, 6.07) is 0. The second-order valence-electron chi connectivity index (χ2n) is 0.408. The quantitative estimate of drug-likeness (QED) is 0.231. The molecule has 0 saturated heterocycles. The van der Waals surface area contributed by atoms with Crippen LogP contribution in [0.4, 0.5) is 0 Å². The van der Waals surface area contributed by atoms with Crippen molar-refractivity contribution in [2.24, 2.45) is 0 Å². The van der Waals surface area contributed by atoms with E-state index in [2.05, 4.69) is 0 Å². The standard InChI is InChI=1S/Mo.2Na.Ni.H2O4S.4H2O/c;;;;1-5(2,3)4;;;;/h;;;;(H2,1,2,3,4);4*1H2/q;2*+1;+2;;;;;/p-4. The maximum atomic E-state index is 8.52. The van der Waals surface area contributed by atoms with Crippen molar-refractivity contribution in [3.8, 4) is 0 Å². The molecule has 0 aliphatic heterocycles. The Morgan fingerprint density at radius 3 is 0.846 bits per heavy atom. The van der Waals surface area contributed by atoms with Crippen LogP contribution < -0.4 is 59.1 Å². The predicted molar refractivity (Wildman–Crippen MR) is 21.6 cm³/mol. The van der Waals surface area contributed by atoms with Gasteiger partial charge in [-0.15, -0.1) is 0 Å². The van der Waals surface area contributed by atoms with E-state index in [0.717, 1.165) is 0 Å². The van der Waals surface area contributed by atoms with Crippen molar-refractivity contribution in [2.45, 2.75) is 0 Å². The molecule has 6 N–H and O–H groups in total. The predicted octanol–water partition coefficient (Wildman–Crippen LogP) is -9.34. The average Bonchev–Trinajstić information content (AvgIpc) is 0.722. The molecule has 0 rings (SSSR count). The molecule has 0 aromatic carbocycles. The molecule has 8 nitrogen and oxygen atoms in total. The summed E-state index contributed by atoms with van der Waals surface area (Å²) in [7, 11) is -5.17. The van der Waals surface area contributed by atoms with E-state index in [-0.39, 0.29) is 119 Å². The second-order valence-corrected chi connectivity index (χ2v) is 1.22. The van der Waals surface area contributed by atoms with Crippen LogP contribution in [0, 0.1) is 0 Å². The van der Waals surface area contributed by atoms with Crippen molar-refractivity contribution in [2.75, 3.05) is 0 Å². The number of hydrogen-bond acceptors (Lipinski definition) is 6. The molecule has 0 saturated carbocycles. The molecule has 0 spiro atoms. The van der Waals surface area contributed by atoms with Crippen molar-refractivity contribution in [1.82, 2.24) is 0 Å². The molecule has 13 heavy (non-hydrogen) atoms. The van der Waals surface area contributed by atoms with Crippen molar-refractivity contribution < 1.29 is 136 Å². The molecule has 0 heterocycles. The van der Waals surface area contributed by atoms with E-state index in [1.54, 1.807) is 0 Å². The first kappa shape index (κ1) is 74.2. The third-order valence-electron chi connectivity index (χ3n) is 0. The number of hydrogen-bond donors (Lipinski definition) is 0. The van der Waals surface area contributed by atoms with Crippen LogP contribution in [0.3, 0.4) is 0 Å². The van der Waals surface area contributed by atoms with Crippen molar-refractivity contribution in [3.05, 3.63) is 0 Å². The molecular weight excluding hydrogens is 361 g/mol. The van der Waals surface area contributed by atoms with E-state index in [4.69, 9.17) is 17.5 Å². The molecule has 0 fully saturated rings. The maximum Gasteiger partial charge on any atom is 2.00 e. The fourth-order valence-corrected chi connectivity index (χ4v) is 0. The van der Waals surface area contributed by atoms with Gasteiger partial charge >= 0.3 is 75.6 Å². The third-order valence-corrected chi connectivity index (χ3v) is 0. The normalized spacial score (nSPS) is 4.46. The van der Waals surface area contributed by atoms with Gasteiger partial charge in [-0.25, -0.2) is 0 Å². The van der Waals surface area contributed by atoms with Crippen molar-refractivity contribution >= 4 is 10.4 Å². The fraction of sp³-hybridized carbons (Fsp3) is 0. The summed E-state index contributed by atoms with van der Waals surface area (Å²) in [5.74, 6) is 0. The van der Waals surface area contributed by atoms with Gasteiger partial charge in [-0.2, -0.15) is 0 Å². The van der Waals surface area contributed by atoms with E-state index >= 15 is 0 Å². The first-order valence-corrected chi connectivity index (χ1v) is 2.00. The van der Waals surface area contributed by atoms with Gasteiger partial charge in [0.1, 0.15) is 0 Å². The van der Waals surface area contributed by atoms with Gasteiger partial charge in [0.25, 0.3) is 0 Å². The van der Waals surface area contributed by atoms with Gasteiger partial charge in [0, 0.05) is 31.5 Å². The third kappa shape index (κ3) is 296. The van der Waals surface area contributed by atoms with E-state index in [1.807, 2.05) is 0 Å². The molecule has 0 aliphatic carbocycles. The summed E-state index contributed by atoms with van der Waals surface area (Å²) in [5, 5.41) is 0. The Balaban J connectivity index is -0.00000000286. The summed E-state index contributed by atoms with van der Waals surface area (Å²) < 4.78 is 34.1. The van der Waals surface area contributed by atoms with Crippen LogP contribution in [0.2, 0.25) is 0 Å².